The van der Waals surface area contributed by atoms with Crippen molar-refractivity contribution >= 4 is 0 Å². The van der Waals surface area contributed by atoms with Gasteiger partial charge in [0.1, 0.15) is 0 Å². The maximum absolute atomic E-state index is 6.18. The Morgan fingerprint density at radius 3 is 2.15 bits per heavy atom. The third-order valence-electron chi connectivity index (χ3n) is 2.15. The molecule has 0 aromatic rings. The summed E-state index contributed by atoms with van der Waals surface area (Å²) < 4.78 is 0. The molecule has 74 valence electrons. The van der Waals surface area contributed by atoms with Gasteiger partial charge in [0.25, 0.3) is 0 Å². The molecule has 0 radical (unpaired) electrons. The number of hydrogen-bond donors (Lipinski definition) is 1. The van der Waals surface area contributed by atoms with Crippen molar-refractivity contribution in [2.24, 2.45) is 5.73 Å². The lowest BCUT2D eigenvalue weighted by molar-refractivity contribution is 0.405. The van der Waals surface area contributed by atoms with Crippen molar-refractivity contribution in [3.8, 4) is 0 Å². The highest BCUT2D eigenvalue weighted by molar-refractivity contribution is 4.97. The van der Waals surface area contributed by atoms with Crippen LogP contribution in [-0.2, 0) is 0 Å². The summed E-state index contributed by atoms with van der Waals surface area (Å²) >= 11 is 0. The second-order valence-corrected chi connectivity index (χ2v) is 3.46. The van der Waals surface area contributed by atoms with Gasteiger partial charge >= 0.3 is 0 Å². The Balaban J connectivity index is 4.04. The van der Waals surface area contributed by atoms with Gasteiger partial charge in [-0.2, -0.15) is 0 Å². The van der Waals surface area contributed by atoms with Gasteiger partial charge in [-0.05, 0) is 32.6 Å². The normalized spacial score (nSPS) is 11.8. The van der Waals surface area contributed by atoms with Crippen molar-refractivity contribution in [1.82, 2.24) is 0 Å². The number of nitrogens with two attached hydrogens (primary N) is 1. The van der Waals surface area contributed by atoms with E-state index in [0.717, 1.165) is 25.7 Å². The fraction of sp³-hybridized carbons (Fsp3) is 0.500. The summed E-state index contributed by atoms with van der Waals surface area (Å²) in [6.45, 7) is 9.47. The predicted molar refractivity (Wildman–Crippen MR) is 60.6 cm³/mol. The van der Waals surface area contributed by atoms with E-state index in [0.29, 0.717) is 0 Å². The van der Waals surface area contributed by atoms with Gasteiger partial charge in [0.2, 0.25) is 0 Å². The van der Waals surface area contributed by atoms with E-state index in [2.05, 4.69) is 25.3 Å². The van der Waals surface area contributed by atoms with Crippen molar-refractivity contribution in [3.05, 3.63) is 37.5 Å². The molecule has 0 bridgehead atoms. The Bertz CT molecular complexity index is 170. The molecular formula is C12H21N. The first-order chi connectivity index (χ1) is 6.18. The van der Waals surface area contributed by atoms with E-state index >= 15 is 0 Å². The third kappa shape index (κ3) is 5.42. The molecule has 0 spiro atoms. The number of rotatable bonds is 7. The zero-order valence-corrected chi connectivity index (χ0v) is 8.63. The van der Waals surface area contributed by atoms with Crippen LogP contribution in [0.4, 0.5) is 0 Å². The molecular weight excluding hydrogens is 158 g/mol. The van der Waals surface area contributed by atoms with Gasteiger partial charge in [-0.25, -0.2) is 0 Å². The largest absolute Gasteiger partial charge is 0.325 e. The minimum Gasteiger partial charge on any atom is -0.325 e. The molecule has 0 aromatic heterocycles. The maximum Gasteiger partial charge on any atom is 0.0226 e. The molecule has 0 unspecified atom stereocenters. The van der Waals surface area contributed by atoms with Crippen LogP contribution in [0.1, 0.15) is 32.6 Å². The van der Waals surface area contributed by atoms with E-state index in [1.165, 1.54) is 0 Å². The van der Waals surface area contributed by atoms with Crippen molar-refractivity contribution in [2.75, 3.05) is 0 Å². The molecule has 0 aromatic carbocycles. The Morgan fingerprint density at radius 1 is 1.23 bits per heavy atom. The van der Waals surface area contributed by atoms with Crippen molar-refractivity contribution < 1.29 is 0 Å². The standard InChI is InChI=1S/C12H21N/c1-4-7-8-11-12(13,9-5-2)10-6-3/h4-7H,2-3,8-11,13H2,1H3/b7-4+. The molecule has 13 heavy (non-hydrogen) atoms. The Hall–Kier alpha value is -0.820. The molecule has 0 aliphatic heterocycles. The topological polar surface area (TPSA) is 26.0 Å². The van der Waals surface area contributed by atoms with Crippen LogP contribution >= 0.6 is 0 Å². The van der Waals surface area contributed by atoms with Crippen LogP contribution in [0.5, 0.6) is 0 Å². The number of allylic oxidation sites excluding steroid dienone is 2. The van der Waals surface area contributed by atoms with E-state index in [-0.39, 0.29) is 5.54 Å². The Morgan fingerprint density at radius 2 is 1.77 bits per heavy atom. The van der Waals surface area contributed by atoms with Gasteiger partial charge in [0.05, 0.1) is 0 Å². The first kappa shape index (κ1) is 12.2. The first-order valence-electron chi connectivity index (χ1n) is 4.80. The van der Waals surface area contributed by atoms with Gasteiger partial charge < -0.3 is 5.73 Å². The van der Waals surface area contributed by atoms with Gasteiger partial charge in [-0.15, -0.1) is 13.2 Å². The zero-order valence-electron chi connectivity index (χ0n) is 8.63. The molecule has 0 rings (SSSR count). The molecule has 0 amide bonds. The summed E-state index contributed by atoms with van der Waals surface area (Å²) in [4.78, 5) is 0. The van der Waals surface area contributed by atoms with Crippen molar-refractivity contribution in [1.29, 1.82) is 0 Å². The third-order valence-corrected chi connectivity index (χ3v) is 2.15. The van der Waals surface area contributed by atoms with E-state index in [9.17, 15) is 0 Å². The SMILES string of the molecule is C=CCC(N)(CC=C)CC/C=C/C. The molecule has 0 heterocycles. The van der Waals surface area contributed by atoms with E-state index < -0.39 is 0 Å². The smallest absolute Gasteiger partial charge is 0.0226 e. The summed E-state index contributed by atoms with van der Waals surface area (Å²) in [5.74, 6) is 0. The highest BCUT2D eigenvalue weighted by atomic mass is 14.7. The average Bonchev–Trinajstić information content (AvgIpc) is 2.05. The summed E-state index contributed by atoms with van der Waals surface area (Å²) in [6, 6.07) is 0. The van der Waals surface area contributed by atoms with Gasteiger partial charge in [-0.1, -0.05) is 24.3 Å². The second-order valence-electron chi connectivity index (χ2n) is 3.46. The monoisotopic (exact) mass is 179 g/mol. The lowest BCUT2D eigenvalue weighted by Gasteiger charge is -2.26. The van der Waals surface area contributed by atoms with Gasteiger partial charge in [0.15, 0.2) is 0 Å². The molecule has 1 heteroatoms. The van der Waals surface area contributed by atoms with E-state index in [1.807, 2.05) is 19.1 Å². The highest BCUT2D eigenvalue weighted by Gasteiger charge is 2.20. The summed E-state index contributed by atoms with van der Waals surface area (Å²) in [5.41, 5.74) is 6.05. The van der Waals surface area contributed by atoms with Crippen molar-refractivity contribution in [3.63, 3.8) is 0 Å². The average molecular weight is 179 g/mol. The molecule has 0 saturated carbocycles. The summed E-state index contributed by atoms with van der Waals surface area (Å²) in [7, 11) is 0. The molecule has 0 aliphatic carbocycles. The van der Waals surface area contributed by atoms with Crippen LogP contribution in [0.3, 0.4) is 0 Å². The van der Waals surface area contributed by atoms with Crippen LogP contribution in [0.25, 0.3) is 0 Å². The summed E-state index contributed by atoms with van der Waals surface area (Å²) in [6.07, 6.45) is 11.7. The minimum absolute atomic E-state index is 0.136. The van der Waals surface area contributed by atoms with Gasteiger partial charge in [0, 0.05) is 5.54 Å². The van der Waals surface area contributed by atoms with Crippen LogP contribution < -0.4 is 5.73 Å². The predicted octanol–water partition coefficient (Wildman–Crippen LogP) is 3.19. The second kappa shape index (κ2) is 6.67. The quantitative estimate of drug-likeness (QED) is 0.597. The molecule has 2 N–H and O–H groups in total. The molecule has 0 aliphatic rings. The van der Waals surface area contributed by atoms with E-state index in [1.54, 1.807) is 0 Å². The fourth-order valence-corrected chi connectivity index (χ4v) is 1.40. The Labute approximate surface area is 82.0 Å². The minimum atomic E-state index is -0.136. The first-order valence-corrected chi connectivity index (χ1v) is 4.80. The number of hydrogen-bond acceptors (Lipinski definition) is 1. The molecule has 0 fully saturated rings. The van der Waals surface area contributed by atoms with Crippen LogP contribution in [0.2, 0.25) is 0 Å². The van der Waals surface area contributed by atoms with Crippen LogP contribution in [0.15, 0.2) is 37.5 Å². The van der Waals surface area contributed by atoms with Crippen LogP contribution in [-0.4, -0.2) is 5.54 Å². The lowest BCUT2D eigenvalue weighted by atomic mass is 9.87. The van der Waals surface area contributed by atoms with Gasteiger partial charge in [-0.3, -0.25) is 0 Å². The molecule has 0 atom stereocenters. The summed E-state index contributed by atoms with van der Waals surface area (Å²) in [5, 5.41) is 0. The fourth-order valence-electron chi connectivity index (χ4n) is 1.40. The molecule has 0 saturated heterocycles. The van der Waals surface area contributed by atoms with Crippen LogP contribution in [0, 0.1) is 0 Å². The molecule has 1 nitrogen and oxygen atoms in total. The lowest BCUT2D eigenvalue weighted by Crippen LogP contribution is -2.38. The van der Waals surface area contributed by atoms with Crippen molar-refractivity contribution in [2.45, 2.75) is 38.1 Å². The zero-order chi connectivity index (χ0) is 10.2. The highest BCUT2D eigenvalue weighted by Crippen LogP contribution is 2.19. The van der Waals surface area contributed by atoms with E-state index in [4.69, 9.17) is 5.73 Å². The Kier molecular flexibility index (Phi) is 6.25. The maximum atomic E-state index is 6.18.